The number of likely N-dealkylation sites (tertiary alicyclic amines) is 1. The molecule has 130 valence electrons. The number of aliphatic hydroxyl groups is 1. The summed E-state index contributed by atoms with van der Waals surface area (Å²) in [6.07, 6.45) is 1.44. The smallest absolute Gasteiger partial charge is 0.215 e. The molecule has 1 aromatic rings. The third-order valence-corrected chi connectivity index (χ3v) is 5.48. The van der Waals surface area contributed by atoms with Gasteiger partial charge >= 0.3 is 0 Å². The van der Waals surface area contributed by atoms with Gasteiger partial charge < -0.3 is 10.0 Å². The Labute approximate surface area is 137 Å². The molecule has 7 heteroatoms. The van der Waals surface area contributed by atoms with Crippen molar-refractivity contribution in [2.75, 3.05) is 26.2 Å². The molecule has 1 aliphatic heterocycles. The predicted octanol–water partition coefficient (Wildman–Crippen LogP) is 1.34. The van der Waals surface area contributed by atoms with Crippen LogP contribution < -0.4 is 4.72 Å². The number of hydrogen-bond acceptors (Lipinski definition) is 4. The highest BCUT2D eigenvalue weighted by atomic mass is 32.2. The average Bonchev–Trinajstić information content (AvgIpc) is 2.50. The zero-order chi connectivity index (χ0) is 16.9. The van der Waals surface area contributed by atoms with Gasteiger partial charge in [0.15, 0.2) is 0 Å². The fraction of sp³-hybridized carbons (Fsp3) is 0.625. The Morgan fingerprint density at radius 1 is 1.35 bits per heavy atom. The molecule has 0 amide bonds. The minimum absolute atomic E-state index is 0.0527. The fourth-order valence-corrected chi connectivity index (χ4v) is 3.89. The number of β-amino-alcohol motifs (C(OH)–C–C–N with tert-alkyl or cyclic N) is 1. The van der Waals surface area contributed by atoms with Gasteiger partial charge in [0.1, 0.15) is 5.82 Å². The molecule has 1 aromatic carbocycles. The van der Waals surface area contributed by atoms with Crippen molar-refractivity contribution < 1.29 is 17.9 Å². The molecule has 0 radical (unpaired) electrons. The third-order valence-electron chi connectivity index (χ3n) is 4.19. The average molecular weight is 344 g/mol. The van der Waals surface area contributed by atoms with Gasteiger partial charge in [-0.1, -0.05) is 25.1 Å². The molecule has 1 saturated heterocycles. The number of piperidine rings is 1. The quantitative estimate of drug-likeness (QED) is 0.783. The van der Waals surface area contributed by atoms with E-state index in [9.17, 15) is 17.9 Å². The SMILES string of the molecule is CC1CCN(C[C@H](O)CNS(=O)(=O)Cc2ccccc2F)CC1. The van der Waals surface area contributed by atoms with Gasteiger partial charge in [-0.25, -0.2) is 17.5 Å². The van der Waals surface area contributed by atoms with Crippen LogP contribution in [0.2, 0.25) is 0 Å². The molecule has 1 aliphatic rings. The van der Waals surface area contributed by atoms with Crippen LogP contribution >= 0.6 is 0 Å². The first-order valence-corrected chi connectivity index (χ1v) is 9.62. The minimum Gasteiger partial charge on any atom is -0.390 e. The van der Waals surface area contributed by atoms with Crippen molar-refractivity contribution in [3.63, 3.8) is 0 Å². The summed E-state index contributed by atoms with van der Waals surface area (Å²) in [6.45, 7) is 4.47. The van der Waals surface area contributed by atoms with Crippen LogP contribution in [0.5, 0.6) is 0 Å². The van der Waals surface area contributed by atoms with Crippen molar-refractivity contribution >= 4 is 10.0 Å². The highest BCUT2D eigenvalue weighted by molar-refractivity contribution is 7.88. The normalized spacial score (nSPS) is 18.9. The summed E-state index contributed by atoms with van der Waals surface area (Å²) in [5.74, 6) is -0.253. The Bertz CT molecular complexity index is 601. The maximum Gasteiger partial charge on any atom is 0.215 e. The van der Waals surface area contributed by atoms with Crippen LogP contribution in [0.1, 0.15) is 25.3 Å². The second kappa shape index (κ2) is 8.19. The summed E-state index contributed by atoms with van der Waals surface area (Å²) in [7, 11) is -3.67. The molecule has 2 rings (SSSR count). The summed E-state index contributed by atoms with van der Waals surface area (Å²) in [5.41, 5.74) is 0.125. The van der Waals surface area contributed by atoms with E-state index < -0.39 is 27.7 Å². The fourth-order valence-electron chi connectivity index (χ4n) is 2.70. The zero-order valence-electron chi connectivity index (χ0n) is 13.4. The van der Waals surface area contributed by atoms with Crippen LogP contribution in [0.3, 0.4) is 0 Å². The van der Waals surface area contributed by atoms with Crippen molar-refractivity contribution in [2.24, 2.45) is 5.92 Å². The molecule has 1 heterocycles. The van der Waals surface area contributed by atoms with Crippen molar-refractivity contribution in [3.8, 4) is 0 Å². The van der Waals surface area contributed by atoms with E-state index in [2.05, 4.69) is 16.5 Å². The summed E-state index contributed by atoms with van der Waals surface area (Å²) in [6, 6.07) is 5.79. The molecular formula is C16H25FN2O3S. The maximum atomic E-state index is 13.5. The number of rotatable bonds is 7. The van der Waals surface area contributed by atoms with Gasteiger partial charge in [0.25, 0.3) is 0 Å². The largest absolute Gasteiger partial charge is 0.390 e. The molecule has 0 aromatic heterocycles. The lowest BCUT2D eigenvalue weighted by atomic mass is 9.99. The van der Waals surface area contributed by atoms with Crippen molar-refractivity contribution in [1.82, 2.24) is 9.62 Å². The van der Waals surface area contributed by atoms with Crippen LogP contribution in [-0.4, -0.2) is 50.7 Å². The number of nitrogens with one attached hydrogen (secondary N) is 1. The van der Waals surface area contributed by atoms with Crippen LogP contribution in [0, 0.1) is 11.7 Å². The molecule has 0 saturated carbocycles. The Balaban J connectivity index is 1.78. The molecular weight excluding hydrogens is 319 g/mol. The minimum atomic E-state index is -3.67. The van der Waals surface area contributed by atoms with Gasteiger partial charge in [0, 0.05) is 18.7 Å². The number of halogens is 1. The zero-order valence-corrected chi connectivity index (χ0v) is 14.2. The summed E-state index contributed by atoms with van der Waals surface area (Å²) in [5, 5.41) is 10.0. The molecule has 1 atom stereocenters. The van der Waals surface area contributed by atoms with E-state index in [1.807, 2.05) is 0 Å². The molecule has 23 heavy (non-hydrogen) atoms. The van der Waals surface area contributed by atoms with Gasteiger partial charge in [0.2, 0.25) is 10.0 Å². The highest BCUT2D eigenvalue weighted by Crippen LogP contribution is 2.16. The van der Waals surface area contributed by atoms with Crippen LogP contribution in [-0.2, 0) is 15.8 Å². The van der Waals surface area contributed by atoms with Crippen molar-refractivity contribution in [3.05, 3.63) is 35.6 Å². The molecule has 1 fully saturated rings. The number of aliphatic hydroxyl groups excluding tert-OH is 1. The molecule has 0 unspecified atom stereocenters. The monoisotopic (exact) mass is 344 g/mol. The van der Waals surface area contributed by atoms with Gasteiger partial charge in [-0.2, -0.15) is 0 Å². The second-order valence-corrected chi connectivity index (χ2v) is 8.14. The van der Waals surface area contributed by atoms with Crippen LogP contribution in [0.15, 0.2) is 24.3 Å². The Kier molecular flexibility index (Phi) is 6.52. The van der Waals surface area contributed by atoms with E-state index in [-0.39, 0.29) is 12.1 Å². The maximum absolute atomic E-state index is 13.5. The van der Waals surface area contributed by atoms with E-state index >= 15 is 0 Å². The van der Waals surface area contributed by atoms with E-state index in [0.29, 0.717) is 12.5 Å². The second-order valence-electron chi connectivity index (χ2n) is 6.34. The third kappa shape index (κ3) is 6.18. The number of sulfonamides is 1. The summed E-state index contributed by atoms with van der Waals surface area (Å²) < 4.78 is 39.9. The summed E-state index contributed by atoms with van der Waals surface area (Å²) >= 11 is 0. The van der Waals surface area contributed by atoms with E-state index in [0.717, 1.165) is 25.9 Å². The van der Waals surface area contributed by atoms with Gasteiger partial charge in [-0.3, -0.25) is 0 Å². The van der Waals surface area contributed by atoms with Gasteiger partial charge in [-0.15, -0.1) is 0 Å². The lowest BCUT2D eigenvalue weighted by Gasteiger charge is -2.31. The Morgan fingerprint density at radius 2 is 2.00 bits per heavy atom. The standard InChI is InChI=1S/C16H25FN2O3S/c1-13-6-8-19(9-7-13)11-15(20)10-18-23(21,22)12-14-4-2-3-5-16(14)17/h2-5,13,15,18,20H,6-12H2,1H3/t15-/m1/s1. The highest BCUT2D eigenvalue weighted by Gasteiger charge is 2.20. The van der Waals surface area contributed by atoms with Crippen molar-refractivity contribution in [1.29, 1.82) is 0 Å². The number of benzene rings is 1. The molecule has 0 bridgehead atoms. The first-order valence-electron chi connectivity index (χ1n) is 7.97. The van der Waals surface area contributed by atoms with Gasteiger partial charge in [0.05, 0.1) is 11.9 Å². The first-order chi connectivity index (χ1) is 10.9. The lowest BCUT2D eigenvalue weighted by Crippen LogP contribution is -2.43. The topological polar surface area (TPSA) is 69.6 Å². The summed E-state index contributed by atoms with van der Waals surface area (Å²) in [4.78, 5) is 2.15. The van der Waals surface area contributed by atoms with Crippen molar-refractivity contribution in [2.45, 2.75) is 31.6 Å². The first kappa shape index (κ1) is 18.3. The lowest BCUT2D eigenvalue weighted by molar-refractivity contribution is 0.0942. The van der Waals surface area contributed by atoms with E-state index in [1.54, 1.807) is 6.07 Å². The van der Waals surface area contributed by atoms with Crippen LogP contribution in [0.25, 0.3) is 0 Å². The molecule has 2 N–H and O–H groups in total. The van der Waals surface area contributed by atoms with E-state index in [4.69, 9.17) is 0 Å². The molecule has 0 spiro atoms. The number of nitrogens with zero attached hydrogens (tertiary/aromatic N) is 1. The number of hydrogen-bond donors (Lipinski definition) is 2. The molecule has 0 aliphatic carbocycles. The Hall–Kier alpha value is -1.02. The molecule has 5 nitrogen and oxygen atoms in total. The van der Waals surface area contributed by atoms with Gasteiger partial charge in [-0.05, 0) is 37.9 Å². The Morgan fingerprint density at radius 3 is 2.65 bits per heavy atom. The predicted molar refractivity (Wildman–Crippen MR) is 87.9 cm³/mol. The van der Waals surface area contributed by atoms with Crippen LogP contribution in [0.4, 0.5) is 4.39 Å². The van der Waals surface area contributed by atoms with E-state index in [1.165, 1.54) is 18.2 Å².